The van der Waals surface area contributed by atoms with Crippen LogP contribution in [0.3, 0.4) is 0 Å². The summed E-state index contributed by atoms with van der Waals surface area (Å²) < 4.78 is 31.0. The second-order valence-corrected chi connectivity index (χ2v) is 1.35. The number of hydrogen-bond acceptors (Lipinski definition) is 0. The van der Waals surface area contributed by atoms with Crippen LogP contribution in [0.1, 0.15) is 1.37 Å². The van der Waals surface area contributed by atoms with Crippen LogP contribution in [-0.2, 0) is 0 Å². The molecule has 0 unspecified atom stereocenters. The van der Waals surface area contributed by atoms with Gasteiger partial charge in [0.1, 0.15) is 11.6 Å². The first kappa shape index (κ1) is 4.01. The fourth-order valence-electron chi connectivity index (χ4n) is 0.414. The summed E-state index contributed by atoms with van der Waals surface area (Å²) in [4.78, 5) is 0. The van der Waals surface area contributed by atoms with E-state index in [0.29, 0.717) is 0 Å². The average molecular weight is 115 g/mol. The van der Waals surface area contributed by atoms with E-state index in [1.807, 2.05) is 0 Å². The minimum atomic E-state index is -0.824. The zero-order valence-corrected chi connectivity index (χ0v) is 3.99. The van der Waals surface area contributed by atoms with Crippen LogP contribution in [0.15, 0.2) is 24.2 Å². The monoisotopic (exact) mass is 115 g/mol. The van der Waals surface area contributed by atoms with Gasteiger partial charge >= 0.3 is 0 Å². The molecule has 1 aromatic rings. The Bertz CT molecular complexity index is 202. The summed E-state index contributed by atoms with van der Waals surface area (Å²) in [6, 6.07) is 2.65. The number of halogens is 2. The van der Waals surface area contributed by atoms with Gasteiger partial charge in [-0.15, -0.1) is 0 Å². The molecular formula is C6H4F2. The largest absolute Gasteiger partial charge is 0.207 e. The molecule has 0 fully saturated rings. The lowest BCUT2D eigenvalue weighted by Crippen LogP contribution is -1.73. The average Bonchev–Trinajstić information content (AvgIpc) is 1.83. The lowest BCUT2D eigenvalue weighted by Gasteiger charge is -1.84. The van der Waals surface area contributed by atoms with Crippen molar-refractivity contribution in [3.8, 4) is 0 Å². The van der Waals surface area contributed by atoms with Crippen LogP contribution in [0.5, 0.6) is 0 Å². The van der Waals surface area contributed by atoms with Crippen molar-refractivity contribution in [2.24, 2.45) is 0 Å². The van der Waals surface area contributed by atoms with E-state index >= 15 is 0 Å². The van der Waals surface area contributed by atoms with E-state index in [4.69, 9.17) is 1.37 Å². The van der Waals surface area contributed by atoms with Crippen LogP contribution in [0.25, 0.3) is 0 Å². The summed E-state index contributed by atoms with van der Waals surface area (Å²) >= 11 is 0. The Morgan fingerprint density at radius 1 is 1.25 bits per heavy atom. The van der Waals surface area contributed by atoms with Crippen LogP contribution >= 0.6 is 0 Å². The third-order valence-electron chi connectivity index (χ3n) is 0.724. The summed E-state index contributed by atoms with van der Waals surface area (Å²) in [5.41, 5.74) is 0. The Balaban J connectivity index is 3.25. The quantitative estimate of drug-likeness (QED) is 0.485. The highest BCUT2D eigenvalue weighted by Crippen LogP contribution is 1.99. The van der Waals surface area contributed by atoms with Crippen molar-refractivity contribution in [3.05, 3.63) is 35.9 Å². The number of benzene rings is 1. The van der Waals surface area contributed by atoms with Crippen molar-refractivity contribution in [3.63, 3.8) is 0 Å². The second-order valence-electron chi connectivity index (χ2n) is 1.35. The Morgan fingerprint density at radius 2 is 1.75 bits per heavy atom. The summed E-state index contributed by atoms with van der Waals surface area (Å²) in [6.07, 6.45) is 0. The first-order valence-electron chi connectivity index (χ1n) is 2.62. The number of hydrogen-bond donors (Lipinski definition) is 0. The highest BCUT2D eigenvalue weighted by Gasteiger charge is 1.88. The Morgan fingerprint density at radius 3 is 2.12 bits per heavy atom. The molecule has 42 valence electrons. The van der Waals surface area contributed by atoms with Gasteiger partial charge < -0.3 is 0 Å². The SMILES string of the molecule is [2H]c1c(F)cccc1F. The fourth-order valence-corrected chi connectivity index (χ4v) is 0.414. The molecule has 1 aromatic carbocycles. The lowest BCUT2D eigenvalue weighted by atomic mass is 10.3. The van der Waals surface area contributed by atoms with Gasteiger partial charge in [-0.3, -0.25) is 0 Å². The molecule has 0 saturated heterocycles. The van der Waals surface area contributed by atoms with E-state index in [1.54, 1.807) is 0 Å². The van der Waals surface area contributed by atoms with E-state index in [2.05, 4.69) is 0 Å². The van der Waals surface area contributed by atoms with Crippen molar-refractivity contribution in [1.29, 1.82) is 0 Å². The maximum atomic E-state index is 12.2. The van der Waals surface area contributed by atoms with Crippen molar-refractivity contribution in [1.82, 2.24) is 0 Å². The fraction of sp³-hybridized carbons (Fsp3) is 0. The highest BCUT2D eigenvalue weighted by molar-refractivity contribution is 5.04. The van der Waals surface area contributed by atoms with E-state index < -0.39 is 17.7 Å². The van der Waals surface area contributed by atoms with Crippen LogP contribution in [0, 0.1) is 11.6 Å². The molecule has 0 saturated carbocycles. The summed E-state index contributed by atoms with van der Waals surface area (Å²) in [7, 11) is 0. The molecule has 8 heavy (non-hydrogen) atoms. The van der Waals surface area contributed by atoms with Gasteiger partial charge in [-0.1, -0.05) is 6.07 Å². The second kappa shape index (κ2) is 1.90. The molecule has 0 aliphatic heterocycles. The van der Waals surface area contributed by atoms with E-state index in [1.165, 1.54) is 6.07 Å². The predicted molar refractivity (Wildman–Crippen MR) is 26.4 cm³/mol. The van der Waals surface area contributed by atoms with E-state index in [0.717, 1.165) is 12.1 Å². The van der Waals surface area contributed by atoms with E-state index in [9.17, 15) is 8.78 Å². The Kier molecular flexibility index (Phi) is 0.954. The van der Waals surface area contributed by atoms with E-state index in [-0.39, 0.29) is 0 Å². The van der Waals surface area contributed by atoms with Gasteiger partial charge in [0.05, 0.1) is 1.37 Å². The first-order chi connectivity index (χ1) is 4.22. The normalized spacial score (nSPS) is 11.0. The maximum Gasteiger partial charge on any atom is 0.126 e. The van der Waals surface area contributed by atoms with Crippen molar-refractivity contribution in [2.75, 3.05) is 0 Å². The molecule has 0 aliphatic carbocycles. The molecule has 0 nitrogen and oxygen atoms in total. The predicted octanol–water partition coefficient (Wildman–Crippen LogP) is 1.96. The van der Waals surface area contributed by atoms with Crippen LogP contribution in [-0.4, -0.2) is 0 Å². The van der Waals surface area contributed by atoms with Gasteiger partial charge in [0.25, 0.3) is 0 Å². The molecule has 0 spiro atoms. The lowest BCUT2D eigenvalue weighted by molar-refractivity contribution is 0.583. The third kappa shape index (κ3) is 1.03. The van der Waals surface area contributed by atoms with Gasteiger partial charge in [0.2, 0.25) is 0 Å². The molecule has 0 heterocycles. The molecule has 0 amide bonds. The Hall–Kier alpha value is -0.920. The third-order valence-corrected chi connectivity index (χ3v) is 0.724. The van der Waals surface area contributed by atoms with Crippen LogP contribution < -0.4 is 0 Å². The summed E-state index contributed by atoms with van der Waals surface area (Å²) in [5, 5.41) is 0. The van der Waals surface area contributed by atoms with Gasteiger partial charge in [0.15, 0.2) is 0 Å². The van der Waals surface area contributed by atoms with Gasteiger partial charge in [-0.2, -0.15) is 0 Å². The molecule has 2 heteroatoms. The van der Waals surface area contributed by atoms with Crippen molar-refractivity contribution >= 4 is 0 Å². The molecule has 0 aromatic heterocycles. The zero-order chi connectivity index (χ0) is 6.85. The standard InChI is InChI=1S/C6H4F2/c7-5-2-1-3-6(8)4-5/h1-4H/i4D. The molecule has 1 rings (SSSR count). The summed E-state index contributed by atoms with van der Waals surface area (Å²) in [6.45, 7) is 0. The first-order valence-corrected chi connectivity index (χ1v) is 2.12. The summed E-state index contributed by atoms with van der Waals surface area (Å²) in [5.74, 6) is -1.65. The Labute approximate surface area is 47.2 Å². The maximum absolute atomic E-state index is 12.2. The van der Waals surface area contributed by atoms with Gasteiger partial charge in [-0.05, 0) is 12.1 Å². The molecule has 0 N–H and O–H groups in total. The molecule has 0 radical (unpaired) electrons. The molecule has 0 aliphatic rings. The molecule has 0 bridgehead atoms. The minimum Gasteiger partial charge on any atom is -0.207 e. The smallest absolute Gasteiger partial charge is 0.126 e. The molecular weight excluding hydrogens is 110 g/mol. The van der Waals surface area contributed by atoms with Gasteiger partial charge in [0, 0.05) is 6.04 Å². The van der Waals surface area contributed by atoms with Crippen molar-refractivity contribution < 1.29 is 10.2 Å². The molecule has 0 atom stereocenters. The van der Waals surface area contributed by atoms with Crippen LogP contribution in [0.4, 0.5) is 8.78 Å². The van der Waals surface area contributed by atoms with Gasteiger partial charge in [-0.25, -0.2) is 8.78 Å². The topological polar surface area (TPSA) is 0 Å². The van der Waals surface area contributed by atoms with Crippen molar-refractivity contribution in [2.45, 2.75) is 0 Å². The zero-order valence-electron chi connectivity index (χ0n) is 4.99. The van der Waals surface area contributed by atoms with Crippen LogP contribution in [0.2, 0.25) is 0 Å². The number of rotatable bonds is 0. The highest BCUT2D eigenvalue weighted by atomic mass is 19.1. The minimum absolute atomic E-state index is 0.669.